The van der Waals surface area contributed by atoms with Crippen LogP contribution in [0.3, 0.4) is 0 Å². The summed E-state index contributed by atoms with van der Waals surface area (Å²) < 4.78 is 11.4. The van der Waals surface area contributed by atoms with Crippen LogP contribution >= 0.6 is 0 Å². The molecule has 5 nitrogen and oxygen atoms in total. The van der Waals surface area contributed by atoms with Crippen molar-refractivity contribution in [2.75, 3.05) is 52.5 Å². The van der Waals surface area contributed by atoms with Gasteiger partial charge in [-0.1, -0.05) is 0 Å². The molecule has 2 unspecified atom stereocenters. The highest BCUT2D eigenvalue weighted by Crippen LogP contribution is 2.13. The van der Waals surface area contributed by atoms with E-state index in [0.29, 0.717) is 24.7 Å². The first-order valence-corrected chi connectivity index (χ1v) is 7.08. The fourth-order valence-corrected chi connectivity index (χ4v) is 2.73. The Bertz CT molecular complexity index is 250. The Morgan fingerprint density at radius 2 is 2.11 bits per heavy atom. The zero-order chi connectivity index (χ0) is 13.0. The number of nitrogens with two attached hydrogens (primary N) is 1. The lowest BCUT2D eigenvalue weighted by atomic mass is 10.1. The van der Waals surface area contributed by atoms with Gasteiger partial charge in [0.1, 0.15) is 0 Å². The minimum absolute atomic E-state index is 0.313. The summed E-state index contributed by atoms with van der Waals surface area (Å²) in [4.78, 5) is 4.92. The molecule has 2 saturated heterocycles. The van der Waals surface area contributed by atoms with E-state index in [0.717, 1.165) is 46.0 Å². The first kappa shape index (κ1) is 14.2. The molecular weight excluding hydrogens is 230 g/mol. The molecule has 0 saturated carbocycles. The van der Waals surface area contributed by atoms with Crippen LogP contribution in [-0.4, -0.2) is 80.5 Å². The maximum absolute atomic E-state index is 5.89. The lowest BCUT2D eigenvalue weighted by Crippen LogP contribution is -2.55. The van der Waals surface area contributed by atoms with Crippen LogP contribution in [0.4, 0.5) is 0 Å². The third-order valence-corrected chi connectivity index (χ3v) is 3.96. The SMILES string of the molecule is CC(C)N1CCOC(CN2CCOCC2CN)C1. The second-order valence-electron chi connectivity index (χ2n) is 5.54. The smallest absolute Gasteiger partial charge is 0.0829 e. The minimum atomic E-state index is 0.313. The van der Waals surface area contributed by atoms with E-state index >= 15 is 0 Å². The molecule has 106 valence electrons. The molecule has 0 aromatic carbocycles. The van der Waals surface area contributed by atoms with Gasteiger partial charge in [0.05, 0.1) is 25.9 Å². The fraction of sp³-hybridized carbons (Fsp3) is 1.00. The molecule has 2 N–H and O–H groups in total. The number of ether oxygens (including phenoxy) is 2. The third-order valence-electron chi connectivity index (χ3n) is 3.96. The van der Waals surface area contributed by atoms with Crippen LogP contribution in [0, 0.1) is 0 Å². The maximum atomic E-state index is 5.89. The average molecular weight is 257 g/mol. The van der Waals surface area contributed by atoms with Crippen LogP contribution in [0.1, 0.15) is 13.8 Å². The average Bonchev–Trinajstić information content (AvgIpc) is 2.39. The lowest BCUT2D eigenvalue weighted by molar-refractivity contribution is -0.0766. The number of hydrogen-bond acceptors (Lipinski definition) is 5. The van der Waals surface area contributed by atoms with Crippen molar-refractivity contribution in [3.8, 4) is 0 Å². The summed E-state index contributed by atoms with van der Waals surface area (Å²) in [5.41, 5.74) is 5.80. The fourth-order valence-electron chi connectivity index (χ4n) is 2.73. The Labute approximate surface area is 110 Å². The van der Waals surface area contributed by atoms with Gasteiger partial charge in [-0.3, -0.25) is 9.80 Å². The standard InChI is InChI=1S/C13H27N3O2/c1-11(2)15-4-6-18-13(8-15)9-16-3-5-17-10-12(16)7-14/h11-13H,3-10,14H2,1-2H3. The van der Waals surface area contributed by atoms with Gasteiger partial charge in [-0.25, -0.2) is 0 Å². The van der Waals surface area contributed by atoms with Crippen molar-refractivity contribution in [1.29, 1.82) is 0 Å². The molecule has 0 aliphatic carbocycles. The Hall–Kier alpha value is -0.200. The van der Waals surface area contributed by atoms with E-state index in [4.69, 9.17) is 15.2 Å². The normalized spacial score (nSPS) is 32.0. The molecule has 0 aromatic heterocycles. The summed E-state index contributed by atoms with van der Waals surface area (Å²) in [6.07, 6.45) is 0.313. The van der Waals surface area contributed by atoms with Gasteiger partial charge >= 0.3 is 0 Å². The van der Waals surface area contributed by atoms with E-state index in [-0.39, 0.29) is 0 Å². The number of rotatable bonds is 4. The molecule has 0 amide bonds. The summed E-state index contributed by atoms with van der Waals surface area (Å²) in [7, 11) is 0. The van der Waals surface area contributed by atoms with E-state index < -0.39 is 0 Å². The van der Waals surface area contributed by atoms with E-state index in [1.165, 1.54) is 0 Å². The second-order valence-corrected chi connectivity index (χ2v) is 5.54. The van der Waals surface area contributed by atoms with E-state index in [2.05, 4.69) is 23.6 Å². The topological polar surface area (TPSA) is 51.0 Å². The van der Waals surface area contributed by atoms with Crippen LogP contribution in [0.2, 0.25) is 0 Å². The summed E-state index contributed by atoms with van der Waals surface area (Å²) in [6, 6.07) is 0.961. The van der Waals surface area contributed by atoms with Crippen LogP contribution < -0.4 is 5.73 Å². The van der Waals surface area contributed by atoms with Gasteiger partial charge in [0, 0.05) is 44.8 Å². The molecule has 18 heavy (non-hydrogen) atoms. The predicted molar refractivity (Wildman–Crippen MR) is 71.7 cm³/mol. The van der Waals surface area contributed by atoms with Crippen molar-refractivity contribution >= 4 is 0 Å². The van der Waals surface area contributed by atoms with E-state index in [1.807, 2.05) is 0 Å². The summed E-state index contributed by atoms with van der Waals surface area (Å²) in [5.74, 6) is 0. The number of nitrogens with zero attached hydrogens (tertiary/aromatic N) is 2. The van der Waals surface area contributed by atoms with Gasteiger partial charge in [-0.05, 0) is 13.8 Å². The van der Waals surface area contributed by atoms with Gasteiger partial charge < -0.3 is 15.2 Å². The first-order chi connectivity index (χ1) is 8.70. The van der Waals surface area contributed by atoms with Crippen molar-refractivity contribution in [3.05, 3.63) is 0 Å². The zero-order valence-electron chi connectivity index (χ0n) is 11.7. The molecule has 2 fully saturated rings. The first-order valence-electron chi connectivity index (χ1n) is 7.08. The van der Waals surface area contributed by atoms with Crippen molar-refractivity contribution in [3.63, 3.8) is 0 Å². The van der Waals surface area contributed by atoms with Crippen LogP contribution in [0.5, 0.6) is 0 Å². The molecule has 5 heteroatoms. The number of morpholine rings is 2. The Kier molecular flexibility index (Phi) is 5.38. The molecule has 2 aliphatic heterocycles. The van der Waals surface area contributed by atoms with Crippen molar-refractivity contribution in [2.24, 2.45) is 5.73 Å². The largest absolute Gasteiger partial charge is 0.378 e. The highest BCUT2D eigenvalue weighted by atomic mass is 16.5. The Morgan fingerprint density at radius 1 is 1.28 bits per heavy atom. The summed E-state index contributed by atoms with van der Waals surface area (Å²) in [5, 5.41) is 0. The number of hydrogen-bond donors (Lipinski definition) is 1. The highest BCUT2D eigenvalue weighted by Gasteiger charge is 2.28. The molecule has 0 aromatic rings. The third kappa shape index (κ3) is 3.65. The lowest BCUT2D eigenvalue weighted by Gasteiger charge is -2.41. The van der Waals surface area contributed by atoms with Crippen LogP contribution in [-0.2, 0) is 9.47 Å². The van der Waals surface area contributed by atoms with Crippen LogP contribution in [0.15, 0.2) is 0 Å². The molecule has 2 atom stereocenters. The molecule has 0 bridgehead atoms. The zero-order valence-corrected chi connectivity index (χ0v) is 11.7. The van der Waals surface area contributed by atoms with Crippen LogP contribution in [0.25, 0.3) is 0 Å². The van der Waals surface area contributed by atoms with E-state index in [1.54, 1.807) is 0 Å². The predicted octanol–water partition coefficient (Wildman–Crippen LogP) is -0.245. The molecule has 2 aliphatic rings. The molecule has 2 heterocycles. The van der Waals surface area contributed by atoms with Crippen molar-refractivity contribution < 1.29 is 9.47 Å². The van der Waals surface area contributed by atoms with E-state index in [9.17, 15) is 0 Å². The Morgan fingerprint density at radius 3 is 2.83 bits per heavy atom. The van der Waals surface area contributed by atoms with Crippen molar-refractivity contribution in [1.82, 2.24) is 9.80 Å². The Balaban J connectivity index is 1.84. The summed E-state index contributed by atoms with van der Waals surface area (Å²) >= 11 is 0. The second kappa shape index (κ2) is 6.82. The van der Waals surface area contributed by atoms with Crippen molar-refractivity contribution in [2.45, 2.75) is 32.0 Å². The van der Waals surface area contributed by atoms with Gasteiger partial charge in [0.2, 0.25) is 0 Å². The summed E-state index contributed by atoms with van der Waals surface area (Å²) in [6.45, 7) is 11.6. The van der Waals surface area contributed by atoms with Gasteiger partial charge in [-0.15, -0.1) is 0 Å². The molecule has 0 spiro atoms. The van der Waals surface area contributed by atoms with Gasteiger partial charge in [-0.2, -0.15) is 0 Å². The molecular formula is C13H27N3O2. The minimum Gasteiger partial charge on any atom is -0.378 e. The molecule has 2 rings (SSSR count). The maximum Gasteiger partial charge on any atom is 0.0829 e. The quantitative estimate of drug-likeness (QED) is 0.753. The van der Waals surface area contributed by atoms with Gasteiger partial charge in [0.25, 0.3) is 0 Å². The molecule has 0 radical (unpaired) electrons. The van der Waals surface area contributed by atoms with Gasteiger partial charge in [0.15, 0.2) is 0 Å². The monoisotopic (exact) mass is 257 g/mol. The highest BCUT2D eigenvalue weighted by molar-refractivity contribution is 4.82.